The number of anilines is 1. The molecule has 3 rings (SSSR count). The van der Waals surface area contributed by atoms with Gasteiger partial charge in [-0.05, 0) is 49.4 Å². The van der Waals surface area contributed by atoms with Gasteiger partial charge in [0.15, 0.2) is 11.5 Å². The average molecular weight is 472 g/mol. The van der Waals surface area contributed by atoms with Crippen LogP contribution < -0.4 is 14.8 Å². The maximum atomic E-state index is 12.9. The fourth-order valence-corrected chi connectivity index (χ4v) is 4.56. The minimum absolute atomic E-state index is 0.0455. The largest absolute Gasteiger partial charge is 0.493 e. The van der Waals surface area contributed by atoms with Gasteiger partial charge in [0.25, 0.3) is 5.91 Å². The Balaban J connectivity index is 1.54. The molecule has 3 amide bonds. The Morgan fingerprint density at radius 3 is 2.09 bits per heavy atom. The molecule has 0 saturated carbocycles. The lowest BCUT2D eigenvalue weighted by atomic mass is 10.1. The second kappa shape index (κ2) is 11.1. The van der Waals surface area contributed by atoms with E-state index in [2.05, 4.69) is 5.32 Å². The van der Waals surface area contributed by atoms with Crippen LogP contribution in [0.3, 0.4) is 0 Å². The zero-order valence-corrected chi connectivity index (χ0v) is 20.1. The third kappa shape index (κ3) is 6.19. The normalized spacial score (nSPS) is 14.4. The average Bonchev–Trinajstić information content (AvgIpc) is 2.83. The highest BCUT2D eigenvalue weighted by Crippen LogP contribution is 2.29. The molecule has 1 aliphatic rings. The number of nitrogens with one attached hydrogen (secondary N) is 1. The van der Waals surface area contributed by atoms with Gasteiger partial charge in [0.05, 0.1) is 19.5 Å². The molecular formula is C24H29N3O5S. The molecule has 1 saturated heterocycles. The summed E-state index contributed by atoms with van der Waals surface area (Å²) in [5, 5.41) is 2.47. The number of hydrogen-bond acceptors (Lipinski definition) is 6. The highest BCUT2D eigenvalue weighted by Gasteiger charge is 2.28. The topological polar surface area (TPSA) is 88.2 Å². The van der Waals surface area contributed by atoms with E-state index in [0.29, 0.717) is 43.2 Å². The van der Waals surface area contributed by atoms with Crippen molar-refractivity contribution in [2.24, 2.45) is 0 Å². The van der Waals surface area contributed by atoms with Crippen LogP contribution >= 0.6 is 11.8 Å². The smallest absolute Gasteiger partial charge is 0.254 e. The second-order valence-corrected chi connectivity index (χ2v) is 9.07. The minimum atomic E-state index is -0.260. The van der Waals surface area contributed by atoms with Gasteiger partial charge in [0.1, 0.15) is 0 Å². The predicted molar refractivity (Wildman–Crippen MR) is 128 cm³/mol. The summed E-state index contributed by atoms with van der Waals surface area (Å²) in [6, 6.07) is 12.5. The fourth-order valence-electron chi connectivity index (χ4n) is 3.61. The van der Waals surface area contributed by atoms with E-state index in [0.717, 1.165) is 10.6 Å². The zero-order valence-electron chi connectivity index (χ0n) is 19.3. The van der Waals surface area contributed by atoms with Crippen molar-refractivity contribution >= 4 is 35.2 Å². The van der Waals surface area contributed by atoms with Gasteiger partial charge in [-0.1, -0.05) is 0 Å². The molecule has 0 spiro atoms. The first-order valence-corrected chi connectivity index (χ1v) is 11.5. The van der Waals surface area contributed by atoms with Gasteiger partial charge >= 0.3 is 0 Å². The van der Waals surface area contributed by atoms with Crippen LogP contribution in [0.25, 0.3) is 0 Å². The number of nitrogens with zero attached hydrogens (tertiary/aromatic N) is 2. The van der Waals surface area contributed by atoms with Crippen LogP contribution in [0.5, 0.6) is 11.5 Å². The number of rotatable bonds is 7. The van der Waals surface area contributed by atoms with Crippen LogP contribution in [0.4, 0.5) is 5.69 Å². The van der Waals surface area contributed by atoms with Crippen LogP contribution in [0.15, 0.2) is 47.4 Å². The molecule has 1 heterocycles. The summed E-state index contributed by atoms with van der Waals surface area (Å²) >= 11 is 1.47. The lowest BCUT2D eigenvalue weighted by Crippen LogP contribution is -2.52. The van der Waals surface area contributed by atoms with E-state index in [4.69, 9.17) is 9.47 Å². The summed E-state index contributed by atoms with van der Waals surface area (Å²) < 4.78 is 10.5. The number of carbonyl (C=O) groups is 3. The number of thioether (sulfide) groups is 1. The number of benzene rings is 2. The van der Waals surface area contributed by atoms with Gasteiger partial charge in [-0.3, -0.25) is 14.4 Å². The molecule has 0 aliphatic carbocycles. The third-order valence-electron chi connectivity index (χ3n) is 5.34. The van der Waals surface area contributed by atoms with Crippen molar-refractivity contribution in [2.75, 3.05) is 45.7 Å². The number of piperazine rings is 1. The minimum Gasteiger partial charge on any atom is -0.493 e. The van der Waals surface area contributed by atoms with Crippen molar-refractivity contribution in [3.8, 4) is 11.5 Å². The highest BCUT2D eigenvalue weighted by molar-refractivity contribution is 8.00. The standard InChI is InChI=1S/C24H29N3O5S/c1-16(33-20-8-6-19(7-9-20)25-17(2)28)23(29)26-11-13-27(14-12-26)24(30)18-5-10-21(31-3)22(15-18)32-4/h5-10,15-16H,11-14H2,1-4H3,(H,25,28). The molecule has 8 nitrogen and oxygen atoms in total. The van der Waals surface area contributed by atoms with Crippen molar-refractivity contribution < 1.29 is 23.9 Å². The fraction of sp³-hybridized carbons (Fsp3) is 0.375. The molecule has 0 aromatic heterocycles. The summed E-state index contributed by atoms with van der Waals surface area (Å²) in [5.74, 6) is 0.908. The Morgan fingerprint density at radius 1 is 0.909 bits per heavy atom. The maximum absolute atomic E-state index is 12.9. The second-order valence-electron chi connectivity index (χ2n) is 7.65. The number of amides is 3. The monoisotopic (exact) mass is 471 g/mol. The molecule has 176 valence electrons. The summed E-state index contributed by atoms with van der Waals surface area (Å²) in [4.78, 5) is 41.5. The van der Waals surface area contributed by atoms with Crippen LogP contribution in [0.1, 0.15) is 24.2 Å². The molecule has 1 unspecified atom stereocenters. The van der Waals surface area contributed by atoms with Crippen LogP contribution in [-0.4, -0.2) is 73.2 Å². The van der Waals surface area contributed by atoms with Gasteiger partial charge < -0.3 is 24.6 Å². The van der Waals surface area contributed by atoms with Crippen LogP contribution in [0.2, 0.25) is 0 Å². The molecule has 2 aromatic carbocycles. The number of methoxy groups -OCH3 is 2. The third-order valence-corrected chi connectivity index (χ3v) is 6.44. The maximum Gasteiger partial charge on any atom is 0.254 e. The lowest BCUT2D eigenvalue weighted by Gasteiger charge is -2.36. The predicted octanol–water partition coefficient (Wildman–Crippen LogP) is 3.13. The van der Waals surface area contributed by atoms with E-state index in [1.807, 2.05) is 36.1 Å². The van der Waals surface area contributed by atoms with Crippen molar-refractivity contribution in [3.05, 3.63) is 48.0 Å². The molecule has 1 atom stereocenters. The van der Waals surface area contributed by atoms with Crippen LogP contribution in [0, 0.1) is 0 Å². The number of carbonyl (C=O) groups excluding carboxylic acids is 3. The van der Waals surface area contributed by atoms with E-state index < -0.39 is 0 Å². The van der Waals surface area contributed by atoms with Crippen molar-refractivity contribution in [3.63, 3.8) is 0 Å². The molecular weight excluding hydrogens is 442 g/mol. The Morgan fingerprint density at radius 2 is 1.52 bits per heavy atom. The van der Waals surface area contributed by atoms with Gasteiger partial charge in [0.2, 0.25) is 11.8 Å². The van der Waals surface area contributed by atoms with Crippen molar-refractivity contribution in [2.45, 2.75) is 24.0 Å². The first kappa shape index (κ1) is 24.4. The first-order valence-electron chi connectivity index (χ1n) is 10.7. The Bertz CT molecular complexity index is 1000. The molecule has 0 radical (unpaired) electrons. The summed E-state index contributed by atoms with van der Waals surface area (Å²) in [7, 11) is 3.09. The van der Waals surface area contributed by atoms with Gasteiger partial charge in [-0.15, -0.1) is 11.8 Å². The van der Waals surface area contributed by atoms with E-state index in [1.165, 1.54) is 25.8 Å². The highest BCUT2D eigenvalue weighted by atomic mass is 32.2. The van der Waals surface area contributed by atoms with E-state index in [1.54, 1.807) is 30.2 Å². The van der Waals surface area contributed by atoms with Gasteiger partial charge in [0, 0.05) is 49.2 Å². The molecule has 9 heteroatoms. The number of hydrogen-bond donors (Lipinski definition) is 1. The lowest BCUT2D eigenvalue weighted by molar-refractivity contribution is -0.131. The molecule has 1 fully saturated rings. The van der Waals surface area contributed by atoms with E-state index in [-0.39, 0.29) is 23.0 Å². The molecule has 2 aromatic rings. The number of ether oxygens (including phenoxy) is 2. The van der Waals surface area contributed by atoms with Crippen molar-refractivity contribution in [1.29, 1.82) is 0 Å². The Kier molecular flexibility index (Phi) is 8.21. The Hall–Kier alpha value is -3.20. The Labute approximate surface area is 198 Å². The summed E-state index contributed by atoms with van der Waals surface area (Å²) in [5.41, 5.74) is 1.25. The molecule has 1 aliphatic heterocycles. The molecule has 0 bridgehead atoms. The van der Waals surface area contributed by atoms with Gasteiger partial charge in [-0.2, -0.15) is 0 Å². The van der Waals surface area contributed by atoms with E-state index >= 15 is 0 Å². The van der Waals surface area contributed by atoms with Gasteiger partial charge in [-0.25, -0.2) is 0 Å². The SMILES string of the molecule is COc1ccc(C(=O)N2CCN(C(=O)C(C)Sc3ccc(NC(C)=O)cc3)CC2)cc1OC. The van der Waals surface area contributed by atoms with E-state index in [9.17, 15) is 14.4 Å². The molecule has 1 N–H and O–H groups in total. The summed E-state index contributed by atoms with van der Waals surface area (Å²) in [6.07, 6.45) is 0. The summed E-state index contributed by atoms with van der Waals surface area (Å²) in [6.45, 7) is 5.28. The molecule has 33 heavy (non-hydrogen) atoms. The van der Waals surface area contributed by atoms with Crippen LogP contribution in [-0.2, 0) is 9.59 Å². The first-order chi connectivity index (χ1) is 15.8. The zero-order chi connectivity index (χ0) is 24.0. The van der Waals surface area contributed by atoms with Crippen molar-refractivity contribution in [1.82, 2.24) is 9.80 Å². The quantitative estimate of drug-likeness (QED) is 0.625.